The molecule has 0 heterocycles. The van der Waals surface area contributed by atoms with Gasteiger partial charge in [-0.3, -0.25) is 0 Å². The smallest absolute Gasteiger partial charge is 0.335 e. The second-order valence-corrected chi connectivity index (χ2v) is 6.58. The van der Waals surface area contributed by atoms with Crippen LogP contribution >= 0.6 is 0 Å². The molecule has 0 radical (unpaired) electrons. The third-order valence-electron chi connectivity index (χ3n) is 3.02. The fourth-order valence-electron chi connectivity index (χ4n) is 1.78. The zero-order valence-electron chi connectivity index (χ0n) is 11.9. The summed E-state index contributed by atoms with van der Waals surface area (Å²) in [6.45, 7) is 2.74. The Morgan fingerprint density at radius 1 is 1.40 bits per heavy atom. The van der Waals surface area contributed by atoms with E-state index in [9.17, 15) is 13.2 Å². The fourth-order valence-corrected chi connectivity index (χ4v) is 3.23. The molecule has 0 saturated carbocycles. The highest BCUT2D eigenvalue weighted by Crippen LogP contribution is 2.20. The number of benzene rings is 1. The normalized spacial score (nSPS) is 11.8. The molecule has 0 spiro atoms. The summed E-state index contributed by atoms with van der Waals surface area (Å²) in [7, 11) is -0.365. The number of sulfonamides is 1. The molecule has 20 heavy (non-hydrogen) atoms. The molecule has 112 valence electrons. The van der Waals surface area contributed by atoms with Crippen LogP contribution in [0.4, 0.5) is 0 Å². The molecule has 0 bridgehead atoms. The van der Waals surface area contributed by atoms with E-state index in [0.717, 1.165) is 0 Å². The minimum absolute atomic E-state index is 0.0298. The Bertz CT molecular complexity index is 584. The molecule has 0 aromatic heterocycles. The second-order valence-electron chi connectivity index (χ2n) is 4.57. The number of hydrogen-bond acceptors (Lipinski definition) is 4. The lowest BCUT2D eigenvalue weighted by Crippen LogP contribution is -2.30. The number of nitrogens with one attached hydrogen (secondary N) is 1. The van der Waals surface area contributed by atoms with Gasteiger partial charge in [0, 0.05) is 13.6 Å². The monoisotopic (exact) mass is 300 g/mol. The van der Waals surface area contributed by atoms with Crippen molar-refractivity contribution in [3.8, 4) is 0 Å². The fraction of sp³-hybridized carbons (Fsp3) is 0.462. The van der Waals surface area contributed by atoms with Crippen molar-refractivity contribution in [2.24, 2.45) is 0 Å². The van der Waals surface area contributed by atoms with E-state index >= 15 is 0 Å². The van der Waals surface area contributed by atoms with Crippen LogP contribution in [0.2, 0.25) is 0 Å². The van der Waals surface area contributed by atoms with Gasteiger partial charge >= 0.3 is 5.97 Å². The van der Waals surface area contributed by atoms with Crippen molar-refractivity contribution in [2.75, 3.05) is 27.2 Å². The predicted octanol–water partition coefficient (Wildman–Crippen LogP) is 0.923. The Morgan fingerprint density at radius 2 is 2.05 bits per heavy atom. The maximum atomic E-state index is 12.4. The molecule has 7 heteroatoms. The maximum absolute atomic E-state index is 12.4. The highest BCUT2D eigenvalue weighted by molar-refractivity contribution is 7.89. The maximum Gasteiger partial charge on any atom is 0.335 e. The quantitative estimate of drug-likeness (QED) is 0.731. The van der Waals surface area contributed by atoms with Crippen LogP contribution in [0.15, 0.2) is 23.1 Å². The first-order valence-corrected chi connectivity index (χ1v) is 7.69. The summed E-state index contributed by atoms with van der Waals surface area (Å²) < 4.78 is 26.1. The minimum atomic E-state index is -3.66. The van der Waals surface area contributed by atoms with Crippen LogP contribution in [0.5, 0.6) is 0 Å². The van der Waals surface area contributed by atoms with Crippen molar-refractivity contribution in [1.82, 2.24) is 9.62 Å². The van der Waals surface area contributed by atoms with Crippen molar-refractivity contribution in [1.29, 1.82) is 0 Å². The number of carboxylic acid groups (broad SMARTS) is 1. The highest BCUT2D eigenvalue weighted by Gasteiger charge is 2.23. The highest BCUT2D eigenvalue weighted by atomic mass is 32.2. The van der Waals surface area contributed by atoms with Gasteiger partial charge in [-0.05, 0) is 44.6 Å². The molecule has 0 aliphatic heterocycles. The summed E-state index contributed by atoms with van der Waals surface area (Å²) in [6, 6.07) is 4.12. The second kappa shape index (κ2) is 6.83. The van der Waals surface area contributed by atoms with Crippen molar-refractivity contribution in [2.45, 2.75) is 18.2 Å². The van der Waals surface area contributed by atoms with Crippen molar-refractivity contribution in [3.63, 3.8) is 0 Å². The molecule has 0 aliphatic rings. The van der Waals surface area contributed by atoms with E-state index in [2.05, 4.69) is 5.32 Å². The van der Waals surface area contributed by atoms with E-state index in [1.807, 2.05) is 0 Å². The number of aryl methyl sites for hydroxylation is 1. The molecule has 0 atom stereocenters. The van der Waals surface area contributed by atoms with Gasteiger partial charge in [0.15, 0.2) is 0 Å². The van der Waals surface area contributed by atoms with Gasteiger partial charge in [0.1, 0.15) is 0 Å². The van der Waals surface area contributed by atoms with Crippen molar-refractivity contribution in [3.05, 3.63) is 29.3 Å². The molecule has 1 aromatic rings. The molecule has 6 nitrogen and oxygen atoms in total. The van der Waals surface area contributed by atoms with Gasteiger partial charge in [0.25, 0.3) is 0 Å². The van der Waals surface area contributed by atoms with Gasteiger partial charge in [-0.15, -0.1) is 0 Å². The number of hydrogen-bond donors (Lipinski definition) is 2. The average Bonchev–Trinajstić information content (AvgIpc) is 2.38. The number of carboxylic acids is 1. The summed E-state index contributed by atoms with van der Waals surface area (Å²) in [5.74, 6) is -1.14. The molecule has 1 aromatic carbocycles. The van der Waals surface area contributed by atoms with E-state index in [1.165, 1.54) is 29.6 Å². The Labute approximate surface area is 119 Å². The van der Waals surface area contributed by atoms with Crippen LogP contribution < -0.4 is 5.32 Å². The van der Waals surface area contributed by atoms with Gasteiger partial charge in [-0.2, -0.15) is 0 Å². The SMILES string of the molecule is CNCCCN(C)S(=O)(=O)c1cc(C(=O)O)ccc1C. The summed E-state index contributed by atoms with van der Waals surface area (Å²) in [6.07, 6.45) is 0.684. The molecule has 2 N–H and O–H groups in total. The minimum Gasteiger partial charge on any atom is -0.478 e. The summed E-state index contributed by atoms with van der Waals surface area (Å²) in [5, 5.41) is 11.9. The van der Waals surface area contributed by atoms with Gasteiger partial charge in [-0.25, -0.2) is 17.5 Å². The summed E-state index contributed by atoms with van der Waals surface area (Å²) >= 11 is 0. The largest absolute Gasteiger partial charge is 0.478 e. The first-order valence-electron chi connectivity index (χ1n) is 6.25. The number of nitrogens with zero attached hydrogens (tertiary/aromatic N) is 1. The van der Waals surface area contributed by atoms with Gasteiger partial charge in [-0.1, -0.05) is 6.07 Å². The van der Waals surface area contributed by atoms with E-state index in [-0.39, 0.29) is 10.5 Å². The van der Waals surface area contributed by atoms with Gasteiger partial charge < -0.3 is 10.4 Å². The zero-order chi connectivity index (χ0) is 15.3. The van der Waals surface area contributed by atoms with Crippen LogP contribution in [-0.4, -0.2) is 51.0 Å². The lowest BCUT2D eigenvalue weighted by Gasteiger charge is -2.18. The lowest BCUT2D eigenvalue weighted by molar-refractivity contribution is 0.0696. The lowest BCUT2D eigenvalue weighted by atomic mass is 10.1. The van der Waals surface area contributed by atoms with Crippen LogP contribution in [-0.2, 0) is 10.0 Å². The number of carbonyl (C=O) groups is 1. The Hall–Kier alpha value is -1.44. The molecular formula is C13H20N2O4S. The van der Waals surface area contributed by atoms with E-state index in [0.29, 0.717) is 25.1 Å². The van der Waals surface area contributed by atoms with E-state index in [1.54, 1.807) is 14.0 Å². The van der Waals surface area contributed by atoms with E-state index < -0.39 is 16.0 Å². The topological polar surface area (TPSA) is 86.7 Å². The van der Waals surface area contributed by atoms with Crippen molar-refractivity contribution >= 4 is 16.0 Å². The average molecular weight is 300 g/mol. The van der Waals surface area contributed by atoms with Crippen LogP contribution in [0.1, 0.15) is 22.3 Å². The third kappa shape index (κ3) is 3.78. The Morgan fingerprint density at radius 3 is 2.60 bits per heavy atom. The first-order chi connectivity index (χ1) is 9.30. The standard InChI is InChI=1S/C13H20N2O4S/c1-10-5-6-11(13(16)17)9-12(10)20(18,19)15(3)8-4-7-14-2/h5-6,9,14H,4,7-8H2,1-3H3,(H,16,17). The molecule has 0 saturated heterocycles. The number of rotatable bonds is 7. The zero-order valence-corrected chi connectivity index (χ0v) is 12.7. The molecule has 0 fully saturated rings. The summed E-state index contributed by atoms with van der Waals surface area (Å²) in [5.41, 5.74) is 0.508. The van der Waals surface area contributed by atoms with E-state index in [4.69, 9.17) is 5.11 Å². The van der Waals surface area contributed by atoms with Gasteiger partial charge in [0.05, 0.1) is 10.5 Å². The van der Waals surface area contributed by atoms with Crippen LogP contribution in [0, 0.1) is 6.92 Å². The Kier molecular flexibility index (Phi) is 5.67. The Balaban J connectivity index is 3.08. The number of aromatic carboxylic acids is 1. The molecular weight excluding hydrogens is 280 g/mol. The van der Waals surface area contributed by atoms with Crippen LogP contribution in [0.3, 0.4) is 0 Å². The molecule has 1 rings (SSSR count). The third-order valence-corrected chi connectivity index (χ3v) is 5.02. The molecule has 0 unspecified atom stereocenters. The summed E-state index contributed by atoms with van der Waals surface area (Å²) in [4.78, 5) is 11.0. The predicted molar refractivity (Wildman–Crippen MR) is 76.5 cm³/mol. The molecule has 0 aliphatic carbocycles. The van der Waals surface area contributed by atoms with Crippen LogP contribution in [0.25, 0.3) is 0 Å². The first kappa shape index (κ1) is 16.6. The van der Waals surface area contributed by atoms with Gasteiger partial charge in [0.2, 0.25) is 10.0 Å². The molecule has 0 amide bonds. The van der Waals surface area contributed by atoms with Crippen molar-refractivity contribution < 1.29 is 18.3 Å².